The molecule has 3 atom stereocenters. The number of ether oxygens (including phenoxy) is 2. The lowest BCUT2D eigenvalue weighted by Gasteiger charge is -2.35. The van der Waals surface area contributed by atoms with Crippen LogP contribution in [0.4, 0.5) is 5.69 Å². The second kappa shape index (κ2) is 8.66. The van der Waals surface area contributed by atoms with E-state index in [1.54, 1.807) is 31.4 Å². The fraction of sp³-hybridized carbons (Fsp3) is 0.207. The summed E-state index contributed by atoms with van der Waals surface area (Å²) in [6.45, 7) is 0. The molecule has 3 aromatic carbocycles. The molecule has 2 heterocycles. The van der Waals surface area contributed by atoms with Crippen molar-refractivity contribution in [3.63, 3.8) is 0 Å². The van der Waals surface area contributed by atoms with E-state index in [-0.39, 0.29) is 5.78 Å². The molecule has 0 spiro atoms. The van der Waals surface area contributed by atoms with Gasteiger partial charge in [-0.3, -0.25) is 4.79 Å². The normalized spacial score (nSPS) is 21.3. The number of carbonyl (C=O) groups excluding carboxylic acids is 1. The Hall–Kier alpha value is -4.55. The minimum absolute atomic E-state index is 0.145. The number of anilines is 1. The van der Waals surface area contributed by atoms with Gasteiger partial charge in [-0.05, 0) is 29.3 Å². The van der Waals surface area contributed by atoms with Crippen molar-refractivity contribution in [3.05, 3.63) is 95.6 Å². The van der Waals surface area contributed by atoms with Gasteiger partial charge in [0.15, 0.2) is 22.7 Å². The third kappa shape index (κ3) is 3.26. The number of rotatable bonds is 5. The summed E-state index contributed by atoms with van der Waals surface area (Å²) in [5.74, 6) is 0.114. The molecule has 1 fully saturated rings. The fourth-order valence-electron chi connectivity index (χ4n) is 5.43. The predicted molar refractivity (Wildman–Crippen MR) is 132 cm³/mol. The van der Waals surface area contributed by atoms with Crippen LogP contribution in [-0.4, -0.2) is 32.1 Å². The van der Waals surface area contributed by atoms with Crippen LogP contribution in [0.2, 0.25) is 0 Å². The Balaban J connectivity index is 1.79. The summed E-state index contributed by atoms with van der Waals surface area (Å²) in [6.07, 6.45) is 3.81. The molecular weight excluding hydrogens is 438 g/mol. The van der Waals surface area contributed by atoms with E-state index in [4.69, 9.17) is 9.47 Å². The van der Waals surface area contributed by atoms with Crippen LogP contribution in [0.5, 0.6) is 11.5 Å². The molecule has 0 amide bonds. The fourth-order valence-corrected chi connectivity index (χ4v) is 5.43. The number of carbonyl (C=O) groups is 1. The Morgan fingerprint density at radius 2 is 1.60 bits per heavy atom. The van der Waals surface area contributed by atoms with Crippen molar-refractivity contribution in [1.29, 1.82) is 10.5 Å². The highest BCUT2D eigenvalue weighted by Crippen LogP contribution is 2.56. The van der Waals surface area contributed by atoms with Crippen LogP contribution < -0.4 is 14.4 Å². The molecule has 5 rings (SSSR count). The Morgan fingerprint density at radius 1 is 0.914 bits per heavy atom. The lowest BCUT2D eigenvalue weighted by molar-refractivity contribution is 0.0951. The van der Waals surface area contributed by atoms with Crippen molar-refractivity contribution in [2.75, 3.05) is 19.1 Å². The van der Waals surface area contributed by atoms with Crippen molar-refractivity contribution in [2.24, 2.45) is 5.41 Å². The zero-order valence-electron chi connectivity index (χ0n) is 19.4. The Labute approximate surface area is 204 Å². The summed E-state index contributed by atoms with van der Waals surface area (Å²) in [5.41, 5.74) is 1.44. The van der Waals surface area contributed by atoms with Crippen molar-refractivity contribution in [3.8, 4) is 23.6 Å². The van der Waals surface area contributed by atoms with E-state index >= 15 is 0 Å². The van der Waals surface area contributed by atoms with Crippen LogP contribution >= 0.6 is 0 Å². The molecule has 0 bridgehead atoms. The number of nitrogens with zero attached hydrogens (tertiary/aromatic N) is 3. The second-order valence-corrected chi connectivity index (χ2v) is 8.63. The number of fused-ring (bicyclic) bond motifs is 3. The Bertz CT molecular complexity index is 1390. The van der Waals surface area contributed by atoms with Crippen molar-refractivity contribution in [1.82, 2.24) is 0 Å². The molecule has 0 unspecified atom stereocenters. The summed E-state index contributed by atoms with van der Waals surface area (Å²) in [7, 11) is 3.08. The highest BCUT2D eigenvalue weighted by molar-refractivity contribution is 6.04. The number of methoxy groups -OCH3 is 2. The minimum Gasteiger partial charge on any atom is -0.493 e. The van der Waals surface area contributed by atoms with E-state index in [2.05, 4.69) is 12.1 Å². The molecule has 2 aliphatic rings. The van der Waals surface area contributed by atoms with E-state index in [9.17, 15) is 15.3 Å². The zero-order chi connectivity index (χ0) is 24.6. The smallest absolute Gasteiger partial charge is 0.185 e. The van der Waals surface area contributed by atoms with Crippen LogP contribution in [0.1, 0.15) is 27.4 Å². The van der Waals surface area contributed by atoms with Crippen LogP contribution in [0.3, 0.4) is 0 Å². The van der Waals surface area contributed by atoms with Gasteiger partial charge in [0.25, 0.3) is 0 Å². The molecule has 6 heteroatoms. The molecule has 2 aliphatic heterocycles. The molecule has 1 saturated heterocycles. The van der Waals surface area contributed by atoms with Crippen molar-refractivity contribution >= 4 is 17.5 Å². The number of ketones is 1. The average Bonchev–Trinajstić information content (AvgIpc) is 3.23. The largest absolute Gasteiger partial charge is 0.493 e. The first-order valence-corrected chi connectivity index (χ1v) is 11.3. The number of hydrogen-bond donors (Lipinski definition) is 0. The molecule has 0 N–H and O–H groups in total. The SMILES string of the molecule is COc1ccc([C@H]2[C@H](C(=O)c3ccccc3)N3c4ccccc4C=C[C@H]3C2(C#N)C#N)cc1OC. The number of hydrogen-bond acceptors (Lipinski definition) is 6. The monoisotopic (exact) mass is 461 g/mol. The van der Waals surface area contributed by atoms with Crippen LogP contribution in [-0.2, 0) is 0 Å². The number of para-hydroxylation sites is 1. The van der Waals surface area contributed by atoms with E-state index < -0.39 is 23.4 Å². The number of Topliss-reactive ketones (excluding diaryl/α,β-unsaturated/α-hetero) is 1. The molecule has 3 aromatic rings. The predicted octanol–water partition coefficient (Wildman–Crippen LogP) is 4.99. The Kier molecular flexibility index (Phi) is 5.51. The van der Waals surface area contributed by atoms with E-state index in [0.717, 1.165) is 11.3 Å². The van der Waals surface area contributed by atoms with E-state index in [0.29, 0.717) is 22.6 Å². The van der Waals surface area contributed by atoms with Crippen LogP contribution in [0.25, 0.3) is 6.08 Å². The molecule has 6 nitrogen and oxygen atoms in total. The van der Waals surface area contributed by atoms with Gasteiger partial charge in [-0.25, -0.2) is 0 Å². The topological polar surface area (TPSA) is 86.4 Å². The molecule has 35 heavy (non-hydrogen) atoms. The lowest BCUT2D eigenvalue weighted by Crippen LogP contribution is -2.44. The first-order chi connectivity index (χ1) is 17.1. The third-order valence-corrected chi connectivity index (χ3v) is 7.01. The third-order valence-electron chi connectivity index (χ3n) is 7.01. The van der Waals surface area contributed by atoms with Gasteiger partial charge in [-0.1, -0.05) is 66.7 Å². The quantitative estimate of drug-likeness (QED) is 0.498. The van der Waals surface area contributed by atoms with Gasteiger partial charge in [-0.2, -0.15) is 10.5 Å². The second-order valence-electron chi connectivity index (χ2n) is 8.63. The van der Waals surface area contributed by atoms with Gasteiger partial charge in [0.2, 0.25) is 0 Å². The lowest BCUT2D eigenvalue weighted by atomic mass is 9.69. The minimum atomic E-state index is -1.52. The molecule has 0 saturated carbocycles. The van der Waals surface area contributed by atoms with Gasteiger partial charge in [-0.15, -0.1) is 0 Å². The van der Waals surface area contributed by atoms with Gasteiger partial charge in [0.05, 0.1) is 32.4 Å². The first-order valence-electron chi connectivity index (χ1n) is 11.3. The van der Waals surface area contributed by atoms with Crippen LogP contribution in [0, 0.1) is 28.1 Å². The standard InChI is InChI=1S/C29H23N3O3/c1-34-23-14-12-21(16-24(23)35-2)26-27(28(33)20-9-4-3-5-10-20)32-22-11-7-6-8-19(22)13-15-25(32)29(26,17-30)18-31/h3-16,25-27H,1-2H3/t25-,26-,27+/m0/s1. The molecule has 0 radical (unpaired) electrons. The number of nitriles is 2. The molecule has 0 aromatic heterocycles. The van der Waals surface area contributed by atoms with Gasteiger partial charge in [0, 0.05) is 17.2 Å². The summed E-state index contributed by atoms with van der Waals surface area (Å²) in [5, 5.41) is 21.1. The molecule has 0 aliphatic carbocycles. The van der Waals surface area contributed by atoms with Crippen molar-refractivity contribution in [2.45, 2.75) is 18.0 Å². The van der Waals surface area contributed by atoms with Gasteiger partial charge in [0.1, 0.15) is 6.04 Å². The van der Waals surface area contributed by atoms with Gasteiger partial charge < -0.3 is 14.4 Å². The van der Waals surface area contributed by atoms with Crippen molar-refractivity contribution < 1.29 is 14.3 Å². The highest BCUT2D eigenvalue weighted by atomic mass is 16.5. The Morgan fingerprint density at radius 3 is 2.29 bits per heavy atom. The average molecular weight is 462 g/mol. The molecular formula is C29H23N3O3. The number of benzene rings is 3. The maximum absolute atomic E-state index is 14.2. The molecule has 172 valence electrons. The summed E-state index contributed by atoms with van der Waals surface area (Å²) in [4.78, 5) is 16.1. The first kappa shape index (κ1) is 22.3. The van der Waals surface area contributed by atoms with Crippen LogP contribution in [0.15, 0.2) is 78.9 Å². The maximum Gasteiger partial charge on any atom is 0.185 e. The maximum atomic E-state index is 14.2. The van der Waals surface area contributed by atoms with E-state index in [1.807, 2.05) is 65.6 Å². The summed E-state index contributed by atoms with van der Waals surface area (Å²) < 4.78 is 10.9. The van der Waals surface area contributed by atoms with Gasteiger partial charge >= 0.3 is 0 Å². The zero-order valence-corrected chi connectivity index (χ0v) is 19.4. The van der Waals surface area contributed by atoms with E-state index in [1.165, 1.54) is 7.11 Å². The highest BCUT2D eigenvalue weighted by Gasteiger charge is 2.63. The summed E-state index contributed by atoms with van der Waals surface area (Å²) in [6, 6.07) is 25.4. The summed E-state index contributed by atoms with van der Waals surface area (Å²) >= 11 is 0.